The van der Waals surface area contributed by atoms with Crippen molar-refractivity contribution >= 4 is 28.9 Å². The average Bonchev–Trinajstić information content (AvgIpc) is 3.31. The Hall–Kier alpha value is -3.81. The highest BCUT2D eigenvalue weighted by molar-refractivity contribution is 6.06. The van der Waals surface area contributed by atoms with Gasteiger partial charge in [-0.1, -0.05) is 36.4 Å². The number of nitrogens with one attached hydrogen (secondary N) is 3. The molecule has 0 radical (unpaired) electrons. The number of carbonyl (C=O) groups is 3. The third kappa shape index (κ3) is 4.73. The van der Waals surface area contributed by atoms with Crippen LogP contribution in [0.5, 0.6) is 0 Å². The molecule has 0 atom stereocenters. The van der Waals surface area contributed by atoms with E-state index in [2.05, 4.69) is 21.7 Å². The molecular formula is C27H30N4O4. The van der Waals surface area contributed by atoms with Gasteiger partial charge in [-0.05, 0) is 67.9 Å². The van der Waals surface area contributed by atoms with Crippen LogP contribution < -0.4 is 10.6 Å². The molecular weight excluding hydrogens is 444 g/mol. The van der Waals surface area contributed by atoms with Crippen LogP contribution >= 0.6 is 0 Å². The predicted octanol–water partition coefficient (Wildman–Crippen LogP) is 4.21. The van der Waals surface area contributed by atoms with Crippen molar-refractivity contribution in [2.75, 3.05) is 6.54 Å². The zero-order valence-electron chi connectivity index (χ0n) is 20.0. The molecule has 8 heteroatoms. The number of amides is 4. The zero-order chi connectivity index (χ0) is 24.6. The lowest BCUT2D eigenvalue weighted by molar-refractivity contribution is -0.130. The molecule has 2 aliphatic rings. The van der Waals surface area contributed by atoms with Crippen LogP contribution in [-0.4, -0.2) is 46.0 Å². The van der Waals surface area contributed by atoms with E-state index in [4.69, 9.17) is 4.74 Å². The Balaban J connectivity index is 1.16. The van der Waals surface area contributed by atoms with Gasteiger partial charge in [-0.2, -0.15) is 0 Å². The maximum atomic E-state index is 12.4. The fraction of sp³-hybridized carbons (Fsp3) is 0.370. The number of hydrogen-bond acceptors (Lipinski definition) is 4. The van der Waals surface area contributed by atoms with Crippen molar-refractivity contribution in [1.29, 1.82) is 0 Å². The fourth-order valence-electron chi connectivity index (χ4n) is 4.87. The highest BCUT2D eigenvalue weighted by Gasteiger charge is 2.43. The summed E-state index contributed by atoms with van der Waals surface area (Å²) in [4.78, 5) is 41.4. The van der Waals surface area contributed by atoms with Crippen molar-refractivity contribution < 1.29 is 19.1 Å². The molecule has 2 aromatic carbocycles. The number of ether oxygens (including phenoxy) is 1. The van der Waals surface area contributed by atoms with E-state index in [1.165, 1.54) is 10.5 Å². The molecule has 3 aromatic rings. The number of H-pyrrole nitrogens is 1. The van der Waals surface area contributed by atoms with Crippen LogP contribution in [-0.2, 0) is 22.6 Å². The number of imide groups is 1. The largest absolute Gasteiger partial charge is 0.445 e. The summed E-state index contributed by atoms with van der Waals surface area (Å²) < 4.78 is 5.33. The fourth-order valence-corrected chi connectivity index (χ4v) is 4.87. The Bertz CT molecular complexity index is 1260. The second-order valence-corrected chi connectivity index (χ2v) is 9.96. The predicted molar refractivity (Wildman–Crippen MR) is 132 cm³/mol. The SMILES string of the molecule is CC1(C)NC(=O)N(CCc2ccc3[nH]cc(C4CC(NC(=O)OCc5ccccc5)C4)c3c2)C1=O. The highest BCUT2D eigenvalue weighted by Crippen LogP contribution is 2.40. The molecule has 1 saturated heterocycles. The van der Waals surface area contributed by atoms with E-state index in [0.29, 0.717) is 18.9 Å². The molecule has 1 aliphatic heterocycles. The smallest absolute Gasteiger partial charge is 0.407 e. The van der Waals surface area contributed by atoms with E-state index < -0.39 is 5.54 Å². The summed E-state index contributed by atoms with van der Waals surface area (Å²) >= 11 is 0. The van der Waals surface area contributed by atoms with Crippen molar-refractivity contribution in [1.82, 2.24) is 20.5 Å². The van der Waals surface area contributed by atoms with E-state index in [1.807, 2.05) is 48.7 Å². The van der Waals surface area contributed by atoms with Crippen LogP contribution in [0.15, 0.2) is 54.7 Å². The summed E-state index contributed by atoms with van der Waals surface area (Å²) in [6, 6.07) is 15.6. The second kappa shape index (κ2) is 9.09. The van der Waals surface area contributed by atoms with E-state index in [1.54, 1.807) is 13.8 Å². The van der Waals surface area contributed by atoms with Gasteiger partial charge in [-0.25, -0.2) is 9.59 Å². The molecule has 1 aromatic heterocycles. The minimum atomic E-state index is -0.850. The highest BCUT2D eigenvalue weighted by atomic mass is 16.5. The van der Waals surface area contributed by atoms with Gasteiger partial charge in [-0.3, -0.25) is 9.69 Å². The summed E-state index contributed by atoms with van der Waals surface area (Å²) in [5.41, 5.74) is 3.47. The van der Waals surface area contributed by atoms with Gasteiger partial charge in [0.15, 0.2) is 0 Å². The Morgan fingerprint density at radius 3 is 2.60 bits per heavy atom. The number of carbonyl (C=O) groups excluding carboxylic acids is 3. The van der Waals surface area contributed by atoms with Crippen molar-refractivity contribution in [3.05, 3.63) is 71.4 Å². The van der Waals surface area contributed by atoms with Crippen LogP contribution in [0.2, 0.25) is 0 Å². The van der Waals surface area contributed by atoms with Gasteiger partial charge < -0.3 is 20.4 Å². The third-order valence-corrected chi connectivity index (χ3v) is 6.96. The van der Waals surface area contributed by atoms with Crippen LogP contribution in [0.25, 0.3) is 10.9 Å². The van der Waals surface area contributed by atoms with Gasteiger partial charge >= 0.3 is 12.1 Å². The number of rotatable bonds is 7. The summed E-state index contributed by atoms with van der Waals surface area (Å²) in [6.07, 6.45) is 3.97. The van der Waals surface area contributed by atoms with E-state index >= 15 is 0 Å². The molecule has 1 saturated carbocycles. The van der Waals surface area contributed by atoms with E-state index in [-0.39, 0.29) is 30.7 Å². The van der Waals surface area contributed by atoms with E-state index in [9.17, 15) is 14.4 Å². The quantitative estimate of drug-likeness (QED) is 0.446. The van der Waals surface area contributed by atoms with Gasteiger partial charge in [0, 0.05) is 29.7 Å². The summed E-state index contributed by atoms with van der Waals surface area (Å²) in [6.45, 7) is 4.04. The van der Waals surface area contributed by atoms with Crippen molar-refractivity contribution in [3.8, 4) is 0 Å². The molecule has 4 amide bonds. The minimum absolute atomic E-state index is 0.0967. The molecule has 2 heterocycles. The van der Waals surface area contributed by atoms with Crippen molar-refractivity contribution in [3.63, 3.8) is 0 Å². The van der Waals surface area contributed by atoms with Crippen LogP contribution in [0.4, 0.5) is 9.59 Å². The van der Waals surface area contributed by atoms with Gasteiger partial charge in [0.2, 0.25) is 0 Å². The molecule has 2 fully saturated rings. The molecule has 5 rings (SSSR count). The molecule has 1 aliphatic carbocycles. The van der Waals surface area contributed by atoms with Gasteiger partial charge in [0.1, 0.15) is 12.1 Å². The minimum Gasteiger partial charge on any atom is -0.445 e. The number of nitrogens with zero attached hydrogens (tertiary/aromatic N) is 1. The van der Waals surface area contributed by atoms with Gasteiger partial charge in [0.25, 0.3) is 5.91 Å². The Labute approximate surface area is 204 Å². The number of aromatic nitrogens is 1. The number of fused-ring (bicyclic) bond motifs is 1. The molecule has 8 nitrogen and oxygen atoms in total. The standard InChI is InChI=1S/C27H30N4O4/c1-27(2)24(32)31(25(33)30-27)11-10-17-8-9-23-21(12-17)22(15-28-23)19-13-20(14-19)29-26(34)35-16-18-6-4-3-5-7-18/h3-9,12,15,19-20,28H,10-11,13-14,16H2,1-2H3,(H,29,34)(H,30,33). The van der Waals surface area contributed by atoms with Crippen LogP contribution in [0.1, 0.15) is 49.3 Å². The number of hydrogen-bond donors (Lipinski definition) is 3. The molecule has 0 unspecified atom stereocenters. The van der Waals surface area contributed by atoms with Crippen molar-refractivity contribution in [2.24, 2.45) is 0 Å². The second-order valence-electron chi connectivity index (χ2n) is 9.96. The summed E-state index contributed by atoms with van der Waals surface area (Å²) in [5, 5.41) is 6.83. The Morgan fingerprint density at radius 2 is 1.89 bits per heavy atom. The number of benzene rings is 2. The maximum Gasteiger partial charge on any atom is 0.407 e. The molecule has 182 valence electrons. The lowest BCUT2D eigenvalue weighted by Gasteiger charge is -2.35. The molecule has 0 bridgehead atoms. The topological polar surface area (TPSA) is 104 Å². The zero-order valence-corrected chi connectivity index (χ0v) is 20.0. The molecule has 3 N–H and O–H groups in total. The first-order valence-electron chi connectivity index (χ1n) is 12.0. The average molecular weight is 475 g/mol. The monoisotopic (exact) mass is 474 g/mol. The van der Waals surface area contributed by atoms with Gasteiger partial charge in [0.05, 0.1) is 0 Å². The Morgan fingerprint density at radius 1 is 1.11 bits per heavy atom. The number of alkyl carbamates (subject to hydrolysis) is 1. The number of urea groups is 1. The lowest BCUT2D eigenvalue weighted by Crippen LogP contribution is -2.43. The molecule has 35 heavy (non-hydrogen) atoms. The number of aromatic amines is 1. The van der Waals surface area contributed by atoms with Gasteiger partial charge in [-0.15, -0.1) is 0 Å². The van der Waals surface area contributed by atoms with Crippen LogP contribution in [0.3, 0.4) is 0 Å². The van der Waals surface area contributed by atoms with Crippen molar-refractivity contribution in [2.45, 2.75) is 57.2 Å². The normalized spacial score (nSPS) is 21.0. The first-order valence-corrected chi connectivity index (χ1v) is 12.0. The third-order valence-electron chi connectivity index (χ3n) is 6.96. The summed E-state index contributed by atoms with van der Waals surface area (Å²) in [7, 11) is 0. The summed E-state index contributed by atoms with van der Waals surface area (Å²) in [5.74, 6) is 0.159. The van der Waals surface area contributed by atoms with E-state index in [0.717, 1.165) is 34.9 Å². The first-order chi connectivity index (χ1) is 16.8. The van der Waals surface area contributed by atoms with Crippen LogP contribution in [0, 0.1) is 0 Å². The Kier molecular flexibility index (Phi) is 5.96. The molecule has 0 spiro atoms. The maximum absolute atomic E-state index is 12.4. The lowest BCUT2D eigenvalue weighted by atomic mass is 9.76. The first kappa shape index (κ1) is 23.0.